The third-order valence-corrected chi connectivity index (χ3v) is 4.01. The second kappa shape index (κ2) is 5.66. The van der Waals surface area contributed by atoms with Crippen molar-refractivity contribution in [3.63, 3.8) is 0 Å². The van der Waals surface area contributed by atoms with Crippen molar-refractivity contribution in [3.05, 3.63) is 29.6 Å². The fraction of sp³-hybridized carbons (Fsp3) is 0.500. The lowest BCUT2D eigenvalue weighted by atomic mass is 10.2. The van der Waals surface area contributed by atoms with Crippen LogP contribution in [0.25, 0.3) is 0 Å². The molecule has 0 aliphatic carbocycles. The van der Waals surface area contributed by atoms with Crippen LogP contribution in [-0.4, -0.2) is 37.0 Å². The third-order valence-electron chi connectivity index (χ3n) is 2.75. The van der Waals surface area contributed by atoms with E-state index in [0.29, 0.717) is 0 Å². The minimum Gasteiger partial charge on any atom is -0.314 e. The minimum absolute atomic E-state index is 0.149. The van der Waals surface area contributed by atoms with E-state index in [4.69, 9.17) is 0 Å². The van der Waals surface area contributed by atoms with E-state index in [1.165, 1.54) is 11.0 Å². The van der Waals surface area contributed by atoms with Crippen LogP contribution in [0.1, 0.15) is 5.56 Å². The Kier molecular flexibility index (Phi) is 4.21. The lowest BCUT2D eigenvalue weighted by molar-refractivity contribution is 0.280. The number of hydrogen-bond acceptors (Lipinski definition) is 3. The Labute approximate surface area is 100 Å². The number of rotatable bonds is 3. The summed E-state index contributed by atoms with van der Waals surface area (Å²) in [5, 5.41) is 3.33. The number of nitrogens with zero attached hydrogens (tertiary/aromatic N) is 1. The van der Waals surface area contributed by atoms with Gasteiger partial charge in [0.1, 0.15) is 5.82 Å². The van der Waals surface area contributed by atoms with Crippen molar-refractivity contribution in [3.8, 4) is 0 Å². The summed E-state index contributed by atoms with van der Waals surface area (Å²) in [5.41, 5.74) is 1.03. The number of aryl methyl sites for hydroxylation is 1. The van der Waals surface area contributed by atoms with Gasteiger partial charge in [-0.05, 0) is 30.7 Å². The van der Waals surface area contributed by atoms with Crippen molar-refractivity contribution in [2.24, 2.45) is 0 Å². The van der Waals surface area contributed by atoms with E-state index in [1.54, 1.807) is 17.8 Å². The highest BCUT2D eigenvalue weighted by Gasteiger charge is 2.10. The van der Waals surface area contributed by atoms with E-state index >= 15 is 0 Å². The maximum atomic E-state index is 12.9. The number of thioether (sulfide) groups is 1. The van der Waals surface area contributed by atoms with Crippen LogP contribution in [-0.2, 0) is 0 Å². The molecule has 88 valence electrons. The first kappa shape index (κ1) is 11.9. The highest BCUT2D eigenvalue weighted by atomic mass is 32.2. The first-order valence-electron chi connectivity index (χ1n) is 5.58. The summed E-state index contributed by atoms with van der Waals surface area (Å²) in [4.78, 5) is 3.60. The fourth-order valence-corrected chi connectivity index (χ4v) is 2.81. The molecule has 0 bridgehead atoms. The van der Waals surface area contributed by atoms with Gasteiger partial charge in [0.25, 0.3) is 0 Å². The molecule has 2 nitrogen and oxygen atoms in total. The number of halogens is 1. The predicted molar refractivity (Wildman–Crippen MR) is 66.3 cm³/mol. The molecule has 0 saturated carbocycles. The van der Waals surface area contributed by atoms with E-state index in [-0.39, 0.29) is 5.82 Å². The summed E-state index contributed by atoms with van der Waals surface area (Å²) >= 11 is 1.79. The molecule has 1 aromatic rings. The number of nitrogens with one attached hydrogen (secondary N) is 1. The van der Waals surface area contributed by atoms with Crippen LogP contribution in [0.4, 0.5) is 4.39 Å². The summed E-state index contributed by atoms with van der Waals surface area (Å²) in [6.07, 6.45) is 0. The number of piperazine rings is 1. The number of hydrogen-bond donors (Lipinski definition) is 1. The Balaban J connectivity index is 1.88. The van der Waals surface area contributed by atoms with Crippen molar-refractivity contribution in [1.82, 2.24) is 10.2 Å². The zero-order chi connectivity index (χ0) is 11.4. The average Bonchev–Trinajstić information content (AvgIpc) is 2.29. The lowest BCUT2D eigenvalue weighted by Crippen LogP contribution is -2.43. The summed E-state index contributed by atoms with van der Waals surface area (Å²) < 4.78 is 12.9. The molecule has 1 heterocycles. The fourth-order valence-electron chi connectivity index (χ4n) is 1.78. The Morgan fingerprint density at radius 2 is 2.12 bits per heavy atom. The molecule has 0 radical (unpaired) electrons. The molecule has 4 heteroatoms. The second-order valence-electron chi connectivity index (χ2n) is 4.05. The van der Waals surface area contributed by atoms with Crippen molar-refractivity contribution in [2.75, 3.05) is 32.1 Å². The summed E-state index contributed by atoms with van der Waals surface area (Å²) in [6.45, 7) is 6.32. The van der Waals surface area contributed by atoms with Crippen molar-refractivity contribution in [1.29, 1.82) is 0 Å². The summed E-state index contributed by atoms with van der Waals surface area (Å²) in [6, 6.07) is 5.00. The molecule has 2 rings (SSSR count). The zero-order valence-corrected chi connectivity index (χ0v) is 10.3. The molecule has 16 heavy (non-hydrogen) atoms. The summed E-state index contributed by atoms with van der Waals surface area (Å²) in [7, 11) is 0. The van der Waals surface area contributed by atoms with Gasteiger partial charge in [0, 0.05) is 37.0 Å². The van der Waals surface area contributed by atoms with Gasteiger partial charge in [0.15, 0.2) is 0 Å². The number of benzene rings is 1. The smallest absolute Gasteiger partial charge is 0.123 e. The second-order valence-corrected chi connectivity index (χ2v) is 5.04. The molecule has 1 aliphatic rings. The molecular formula is C12H17FN2S. The van der Waals surface area contributed by atoms with E-state index in [2.05, 4.69) is 10.2 Å². The van der Waals surface area contributed by atoms with Crippen molar-refractivity contribution < 1.29 is 4.39 Å². The molecule has 1 N–H and O–H groups in total. The molecule has 1 saturated heterocycles. The van der Waals surface area contributed by atoms with Crippen LogP contribution in [0.2, 0.25) is 0 Å². The van der Waals surface area contributed by atoms with Crippen LogP contribution in [0, 0.1) is 12.7 Å². The Morgan fingerprint density at radius 1 is 1.38 bits per heavy atom. The van der Waals surface area contributed by atoms with Crippen LogP contribution < -0.4 is 5.32 Å². The van der Waals surface area contributed by atoms with E-state index in [9.17, 15) is 4.39 Å². The Hall–Kier alpha value is -0.580. The highest BCUT2D eigenvalue weighted by molar-refractivity contribution is 7.99. The van der Waals surface area contributed by atoms with Gasteiger partial charge in [-0.25, -0.2) is 4.39 Å². The van der Waals surface area contributed by atoms with Crippen LogP contribution in [0.15, 0.2) is 23.1 Å². The van der Waals surface area contributed by atoms with Gasteiger partial charge < -0.3 is 5.32 Å². The van der Waals surface area contributed by atoms with Gasteiger partial charge in [-0.3, -0.25) is 4.90 Å². The van der Waals surface area contributed by atoms with Gasteiger partial charge in [-0.1, -0.05) is 0 Å². The first-order chi connectivity index (χ1) is 7.75. The molecule has 0 spiro atoms. The molecule has 1 aliphatic heterocycles. The molecular weight excluding hydrogens is 223 g/mol. The molecule has 0 atom stereocenters. The third kappa shape index (κ3) is 3.20. The van der Waals surface area contributed by atoms with Crippen molar-refractivity contribution in [2.45, 2.75) is 11.8 Å². The monoisotopic (exact) mass is 240 g/mol. The normalized spacial score (nSPS) is 17.6. The Morgan fingerprint density at radius 3 is 2.81 bits per heavy atom. The first-order valence-corrected chi connectivity index (χ1v) is 6.56. The van der Waals surface area contributed by atoms with Gasteiger partial charge in [0.05, 0.1) is 0 Å². The van der Waals surface area contributed by atoms with Gasteiger partial charge in [0.2, 0.25) is 0 Å². The predicted octanol–water partition coefficient (Wildman–Crippen LogP) is 2.09. The molecule has 1 fully saturated rings. The van der Waals surface area contributed by atoms with Gasteiger partial charge in [-0.2, -0.15) is 0 Å². The summed E-state index contributed by atoms with van der Waals surface area (Å²) in [5.74, 6) is 0.845. The van der Waals surface area contributed by atoms with Crippen molar-refractivity contribution >= 4 is 11.8 Å². The van der Waals surface area contributed by atoms with E-state index in [0.717, 1.165) is 37.6 Å². The quantitative estimate of drug-likeness (QED) is 0.814. The Bertz CT molecular complexity index is 351. The van der Waals surface area contributed by atoms with Gasteiger partial charge in [-0.15, -0.1) is 11.8 Å². The van der Waals surface area contributed by atoms with E-state index in [1.807, 2.05) is 13.0 Å². The highest BCUT2D eigenvalue weighted by Crippen LogP contribution is 2.23. The topological polar surface area (TPSA) is 15.3 Å². The standard InChI is InChI=1S/C12H17FN2S/c1-10-8-11(13)2-3-12(10)16-9-15-6-4-14-5-7-15/h2-3,8,14H,4-7,9H2,1H3. The average molecular weight is 240 g/mol. The lowest BCUT2D eigenvalue weighted by Gasteiger charge is -2.26. The van der Waals surface area contributed by atoms with E-state index < -0.39 is 0 Å². The SMILES string of the molecule is Cc1cc(F)ccc1SCN1CCNCC1. The molecule has 1 aromatic carbocycles. The minimum atomic E-state index is -0.149. The van der Waals surface area contributed by atoms with Crippen LogP contribution in [0.3, 0.4) is 0 Å². The molecule has 0 aromatic heterocycles. The maximum absolute atomic E-state index is 12.9. The zero-order valence-electron chi connectivity index (χ0n) is 9.50. The van der Waals surface area contributed by atoms with Crippen LogP contribution >= 0.6 is 11.8 Å². The molecule has 0 amide bonds. The molecule has 0 unspecified atom stereocenters. The van der Waals surface area contributed by atoms with Gasteiger partial charge >= 0.3 is 0 Å². The van der Waals surface area contributed by atoms with Crippen LogP contribution in [0.5, 0.6) is 0 Å². The maximum Gasteiger partial charge on any atom is 0.123 e. The largest absolute Gasteiger partial charge is 0.314 e.